The van der Waals surface area contributed by atoms with E-state index < -0.39 is 0 Å². The lowest BCUT2D eigenvalue weighted by atomic mass is 10.1. The number of ether oxygens (including phenoxy) is 2. The molecule has 2 rings (SSSR count). The predicted octanol–water partition coefficient (Wildman–Crippen LogP) is 3.53. The summed E-state index contributed by atoms with van der Waals surface area (Å²) < 4.78 is 10.4. The van der Waals surface area contributed by atoms with E-state index in [0.717, 1.165) is 11.3 Å². The van der Waals surface area contributed by atoms with E-state index in [0.29, 0.717) is 41.9 Å². The van der Waals surface area contributed by atoms with Crippen LogP contribution in [0.25, 0.3) is 0 Å². The van der Waals surface area contributed by atoms with Gasteiger partial charge >= 0.3 is 5.97 Å². The molecule has 0 amide bonds. The molecule has 1 heterocycles. The van der Waals surface area contributed by atoms with Crippen molar-refractivity contribution >= 4 is 17.6 Å². The van der Waals surface area contributed by atoms with Gasteiger partial charge in [-0.25, -0.2) is 9.97 Å². The molecule has 0 aliphatic carbocycles. The lowest BCUT2D eigenvalue weighted by molar-refractivity contribution is -0.142. The van der Waals surface area contributed by atoms with Crippen LogP contribution in [0.3, 0.4) is 0 Å². The molecule has 0 fully saturated rings. The Balaban J connectivity index is 2.13. The lowest BCUT2D eigenvalue weighted by Crippen LogP contribution is -2.12. The van der Waals surface area contributed by atoms with Crippen LogP contribution < -0.4 is 4.74 Å². The van der Waals surface area contributed by atoms with Gasteiger partial charge in [0.1, 0.15) is 16.7 Å². The number of aryl methyl sites for hydroxylation is 1. The molecular weight excluding hydrogens is 328 g/mol. The van der Waals surface area contributed by atoms with E-state index in [1.54, 1.807) is 6.92 Å². The summed E-state index contributed by atoms with van der Waals surface area (Å²) in [5.74, 6) is 1.13. The summed E-state index contributed by atoms with van der Waals surface area (Å²) >= 11 is 6.23. The first-order valence-electron chi connectivity index (χ1n) is 7.92. The highest BCUT2D eigenvalue weighted by atomic mass is 35.5. The van der Waals surface area contributed by atoms with E-state index >= 15 is 0 Å². The van der Waals surface area contributed by atoms with E-state index in [2.05, 4.69) is 9.97 Å². The molecule has 0 radical (unpaired) electrons. The average molecular weight is 349 g/mol. The van der Waals surface area contributed by atoms with Gasteiger partial charge in [-0.15, -0.1) is 0 Å². The quantitative estimate of drug-likeness (QED) is 0.565. The standard InChI is InChI=1S/C18H21ClN2O3/c1-4-23-14-8-6-13(7-9-14)10-16-20-12(3)15(18(19)21-16)11-17(22)24-5-2/h6-9H,4-5,10-11H2,1-3H3. The van der Waals surface area contributed by atoms with Crippen LogP contribution in [0.5, 0.6) is 5.75 Å². The third-order valence-electron chi connectivity index (χ3n) is 3.43. The number of benzene rings is 1. The Labute approximate surface area is 147 Å². The van der Waals surface area contributed by atoms with E-state index in [1.807, 2.05) is 38.1 Å². The summed E-state index contributed by atoms with van der Waals surface area (Å²) in [6, 6.07) is 7.79. The number of carbonyl (C=O) groups excluding carboxylic acids is 1. The Morgan fingerprint density at radius 3 is 2.42 bits per heavy atom. The van der Waals surface area contributed by atoms with Crippen molar-refractivity contribution in [2.75, 3.05) is 13.2 Å². The molecule has 1 aromatic heterocycles. The van der Waals surface area contributed by atoms with Gasteiger partial charge in [0.25, 0.3) is 0 Å². The van der Waals surface area contributed by atoms with Crippen molar-refractivity contribution < 1.29 is 14.3 Å². The zero-order valence-electron chi connectivity index (χ0n) is 14.1. The normalized spacial score (nSPS) is 10.5. The Morgan fingerprint density at radius 1 is 1.12 bits per heavy atom. The first-order valence-corrected chi connectivity index (χ1v) is 8.30. The van der Waals surface area contributed by atoms with Crippen molar-refractivity contribution in [3.8, 4) is 5.75 Å². The lowest BCUT2D eigenvalue weighted by Gasteiger charge is -2.10. The molecular formula is C18H21ClN2O3. The zero-order valence-corrected chi connectivity index (χ0v) is 14.9. The number of carbonyl (C=O) groups is 1. The van der Waals surface area contributed by atoms with Gasteiger partial charge in [0.2, 0.25) is 0 Å². The second-order valence-corrected chi connectivity index (χ2v) is 5.59. The fraction of sp³-hybridized carbons (Fsp3) is 0.389. The molecule has 6 heteroatoms. The average Bonchev–Trinajstić information content (AvgIpc) is 2.53. The summed E-state index contributed by atoms with van der Waals surface area (Å²) in [6.07, 6.45) is 0.647. The smallest absolute Gasteiger partial charge is 0.310 e. The van der Waals surface area contributed by atoms with Gasteiger partial charge in [-0.2, -0.15) is 0 Å². The van der Waals surface area contributed by atoms with Crippen molar-refractivity contribution in [2.24, 2.45) is 0 Å². The molecule has 2 aromatic rings. The minimum atomic E-state index is -0.328. The van der Waals surface area contributed by atoms with Crippen LogP contribution in [-0.2, 0) is 22.4 Å². The summed E-state index contributed by atoms with van der Waals surface area (Å²) in [6.45, 7) is 6.52. The molecule has 0 aliphatic rings. The maximum atomic E-state index is 11.6. The third kappa shape index (κ3) is 4.93. The summed E-state index contributed by atoms with van der Waals surface area (Å²) in [7, 11) is 0. The molecule has 0 N–H and O–H groups in total. The summed E-state index contributed by atoms with van der Waals surface area (Å²) in [5.41, 5.74) is 2.38. The van der Waals surface area contributed by atoms with Gasteiger partial charge in [-0.1, -0.05) is 23.7 Å². The summed E-state index contributed by atoms with van der Waals surface area (Å²) in [5, 5.41) is 0.302. The van der Waals surface area contributed by atoms with E-state index in [9.17, 15) is 4.79 Å². The third-order valence-corrected chi connectivity index (χ3v) is 3.75. The van der Waals surface area contributed by atoms with Crippen LogP contribution in [0.4, 0.5) is 0 Å². The number of aromatic nitrogens is 2. The number of hydrogen-bond donors (Lipinski definition) is 0. The second-order valence-electron chi connectivity index (χ2n) is 5.23. The Hall–Kier alpha value is -2.14. The molecule has 0 unspecified atom stereocenters. The van der Waals surface area contributed by atoms with Crippen molar-refractivity contribution in [2.45, 2.75) is 33.6 Å². The van der Waals surface area contributed by atoms with Crippen LogP contribution in [0.1, 0.15) is 36.5 Å². The van der Waals surface area contributed by atoms with Gasteiger partial charge in [0, 0.05) is 17.7 Å². The van der Waals surface area contributed by atoms with E-state index in [4.69, 9.17) is 21.1 Å². The number of hydrogen-bond acceptors (Lipinski definition) is 5. The number of esters is 1. The monoisotopic (exact) mass is 348 g/mol. The molecule has 0 aliphatic heterocycles. The Bertz CT molecular complexity index is 679. The van der Waals surface area contributed by atoms with Gasteiger partial charge in [-0.05, 0) is 38.5 Å². The van der Waals surface area contributed by atoms with Gasteiger partial charge in [0.05, 0.1) is 19.6 Å². The first-order chi connectivity index (χ1) is 11.5. The number of halogens is 1. The largest absolute Gasteiger partial charge is 0.494 e. The second kappa shape index (κ2) is 8.64. The molecule has 128 valence electrons. The predicted molar refractivity (Wildman–Crippen MR) is 92.5 cm³/mol. The van der Waals surface area contributed by atoms with Crippen molar-refractivity contribution in [1.29, 1.82) is 0 Å². The number of rotatable bonds is 7. The highest BCUT2D eigenvalue weighted by Gasteiger charge is 2.15. The SMILES string of the molecule is CCOC(=O)Cc1c(C)nc(Cc2ccc(OCC)cc2)nc1Cl. The zero-order chi connectivity index (χ0) is 17.5. The molecule has 0 spiro atoms. The fourth-order valence-corrected chi connectivity index (χ4v) is 2.61. The van der Waals surface area contributed by atoms with E-state index in [-0.39, 0.29) is 12.4 Å². The molecule has 0 bridgehead atoms. The first kappa shape index (κ1) is 18.2. The van der Waals surface area contributed by atoms with Crippen LogP contribution >= 0.6 is 11.6 Å². The van der Waals surface area contributed by atoms with Crippen LogP contribution in [0.15, 0.2) is 24.3 Å². The molecule has 0 atom stereocenters. The van der Waals surface area contributed by atoms with Gasteiger partial charge < -0.3 is 9.47 Å². The van der Waals surface area contributed by atoms with Crippen LogP contribution in [-0.4, -0.2) is 29.2 Å². The molecule has 0 saturated heterocycles. The van der Waals surface area contributed by atoms with Crippen LogP contribution in [0, 0.1) is 6.92 Å². The Kier molecular flexibility index (Phi) is 6.55. The molecule has 24 heavy (non-hydrogen) atoms. The maximum Gasteiger partial charge on any atom is 0.310 e. The maximum absolute atomic E-state index is 11.6. The van der Waals surface area contributed by atoms with Crippen molar-refractivity contribution in [3.05, 3.63) is 52.1 Å². The van der Waals surface area contributed by atoms with Crippen molar-refractivity contribution in [1.82, 2.24) is 9.97 Å². The van der Waals surface area contributed by atoms with Crippen molar-refractivity contribution in [3.63, 3.8) is 0 Å². The highest BCUT2D eigenvalue weighted by Crippen LogP contribution is 2.20. The molecule has 5 nitrogen and oxygen atoms in total. The topological polar surface area (TPSA) is 61.3 Å². The molecule has 1 aromatic carbocycles. The van der Waals surface area contributed by atoms with Gasteiger partial charge in [0.15, 0.2) is 0 Å². The van der Waals surface area contributed by atoms with Crippen LogP contribution in [0.2, 0.25) is 5.15 Å². The summed E-state index contributed by atoms with van der Waals surface area (Å²) in [4.78, 5) is 20.4. The fourth-order valence-electron chi connectivity index (χ4n) is 2.31. The number of nitrogens with zero attached hydrogens (tertiary/aromatic N) is 2. The highest BCUT2D eigenvalue weighted by molar-refractivity contribution is 6.30. The minimum Gasteiger partial charge on any atom is -0.494 e. The minimum absolute atomic E-state index is 0.0852. The van der Waals surface area contributed by atoms with E-state index in [1.165, 1.54) is 0 Å². The Morgan fingerprint density at radius 2 is 1.83 bits per heavy atom. The molecule has 0 saturated carbocycles. The van der Waals surface area contributed by atoms with Gasteiger partial charge in [-0.3, -0.25) is 4.79 Å².